The fraction of sp³-hybridized carbons (Fsp3) is 0.957. The van der Waals surface area contributed by atoms with Crippen LogP contribution in [0.1, 0.15) is 486 Å². The minimum atomic E-state index is -4.97. The summed E-state index contributed by atoms with van der Waals surface area (Å²) < 4.78 is 69.1. The van der Waals surface area contributed by atoms with Crippen LogP contribution in [0.15, 0.2) is 0 Å². The van der Waals surface area contributed by atoms with Crippen LogP contribution in [0.5, 0.6) is 0 Å². The maximum Gasteiger partial charge on any atom is 0.472 e. The summed E-state index contributed by atoms with van der Waals surface area (Å²) in [6.45, 7) is 14.4. The van der Waals surface area contributed by atoms with E-state index in [1.807, 2.05) is 0 Å². The van der Waals surface area contributed by atoms with Gasteiger partial charge in [-0.3, -0.25) is 37.3 Å². The molecule has 0 heterocycles. The van der Waals surface area contributed by atoms with Gasteiger partial charge < -0.3 is 33.8 Å². The summed E-state index contributed by atoms with van der Waals surface area (Å²) in [4.78, 5) is 73.4. The molecular weight excluding hydrogens is 1440 g/mol. The number of phosphoric acid groups is 2. The number of hydrogen-bond acceptors (Lipinski definition) is 15. The normalized spacial score (nSPS) is 14.3. The molecular formula is C92H180O17P2. The molecule has 19 heteroatoms. The highest BCUT2D eigenvalue weighted by Gasteiger charge is 2.31. The summed E-state index contributed by atoms with van der Waals surface area (Å²) in [5.41, 5.74) is 0. The zero-order chi connectivity index (χ0) is 81.6. The third-order valence-electron chi connectivity index (χ3n) is 22.3. The number of carbonyl (C=O) groups excluding carboxylic acids is 4. The fourth-order valence-electron chi connectivity index (χ4n) is 14.3. The number of unbranched alkanes of at least 4 members (excludes halogenated alkanes) is 53. The summed E-state index contributed by atoms with van der Waals surface area (Å²) in [6, 6.07) is 0. The predicted octanol–water partition coefficient (Wildman–Crippen LogP) is 28.3. The molecule has 0 amide bonds. The van der Waals surface area contributed by atoms with Crippen LogP contribution >= 0.6 is 15.6 Å². The van der Waals surface area contributed by atoms with Gasteiger partial charge >= 0.3 is 39.5 Å². The number of phosphoric ester groups is 2. The SMILES string of the molecule is CCC(C)CCCCCCCCCCCCCCCCCCCCC(=O)O[C@H](COC(=O)CCCCCCCCC(C)CC)COP(=O)(O)OC[C@H](O)COP(=O)(O)OC[C@@H](COC(=O)CCCCCCCCCCCCCCCCCC(C)C)OC(=O)CCCCCCCCCCCCCCCCCCCCC(C)C. The van der Waals surface area contributed by atoms with Crippen LogP contribution in [0.3, 0.4) is 0 Å². The third-order valence-corrected chi connectivity index (χ3v) is 24.2. The summed E-state index contributed by atoms with van der Waals surface area (Å²) in [6.07, 6.45) is 72.3. The Balaban J connectivity index is 5.21. The van der Waals surface area contributed by atoms with Crippen LogP contribution in [0.4, 0.5) is 0 Å². The van der Waals surface area contributed by atoms with Crippen LogP contribution in [0.25, 0.3) is 0 Å². The highest BCUT2D eigenvalue weighted by atomic mass is 31.2. The van der Waals surface area contributed by atoms with Gasteiger partial charge in [0.25, 0.3) is 0 Å². The Morgan fingerprint density at radius 1 is 0.252 bits per heavy atom. The lowest BCUT2D eigenvalue weighted by Crippen LogP contribution is -2.30. The van der Waals surface area contributed by atoms with Crippen LogP contribution < -0.4 is 0 Å². The highest BCUT2D eigenvalue weighted by Crippen LogP contribution is 2.45. The van der Waals surface area contributed by atoms with Gasteiger partial charge in [-0.1, -0.05) is 434 Å². The molecule has 0 aliphatic heterocycles. The number of carbonyl (C=O) groups is 4. The molecule has 660 valence electrons. The Morgan fingerprint density at radius 2 is 0.432 bits per heavy atom. The largest absolute Gasteiger partial charge is 0.472 e. The summed E-state index contributed by atoms with van der Waals surface area (Å²) in [7, 11) is -9.94. The Bertz CT molecular complexity index is 2150. The van der Waals surface area contributed by atoms with Crippen molar-refractivity contribution in [3.8, 4) is 0 Å². The zero-order valence-electron chi connectivity index (χ0n) is 73.6. The molecule has 0 aromatic rings. The van der Waals surface area contributed by atoms with Gasteiger partial charge in [0.05, 0.1) is 26.4 Å². The van der Waals surface area contributed by atoms with Crippen molar-refractivity contribution in [2.75, 3.05) is 39.6 Å². The molecule has 0 aromatic heterocycles. The molecule has 0 rings (SSSR count). The van der Waals surface area contributed by atoms with Crippen LogP contribution in [-0.2, 0) is 65.4 Å². The Labute approximate surface area is 683 Å². The molecule has 0 aromatic carbocycles. The van der Waals surface area contributed by atoms with E-state index in [1.54, 1.807) is 0 Å². The van der Waals surface area contributed by atoms with E-state index in [4.69, 9.17) is 37.0 Å². The number of rotatable bonds is 89. The van der Waals surface area contributed by atoms with Crippen LogP contribution in [-0.4, -0.2) is 96.7 Å². The molecule has 0 aliphatic carbocycles. The monoisotopic (exact) mass is 1620 g/mol. The first-order chi connectivity index (χ1) is 53.7. The smallest absolute Gasteiger partial charge is 0.462 e. The van der Waals surface area contributed by atoms with E-state index < -0.39 is 97.5 Å². The van der Waals surface area contributed by atoms with Crippen molar-refractivity contribution in [1.82, 2.24) is 0 Å². The van der Waals surface area contributed by atoms with Crippen molar-refractivity contribution >= 4 is 39.5 Å². The van der Waals surface area contributed by atoms with Gasteiger partial charge in [-0.25, -0.2) is 9.13 Å². The lowest BCUT2D eigenvalue weighted by atomic mass is 9.99. The Kier molecular flexibility index (Phi) is 79.1. The molecule has 3 N–H and O–H groups in total. The molecule has 0 fully saturated rings. The Morgan fingerprint density at radius 3 is 0.640 bits per heavy atom. The first kappa shape index (κ1) is 109. The van der Waals surface area contributed by atoms with E-state index in [9.17, 15) is 43.2 Å². The average molecular weight is 1620 g/mol. The first-order valence-electron chi connectivity index (χ1n) is 47.3. The second-order valence-corrected chi connectivity index (χ2v) is 37.4. The lowest BCUT2D eigenvalue weighted by Gasteiger charge is -2.21. The molecule has 111 heavy (non-hydrogen) atoms. The van der Waals surface area contributed by atoms with E-state index in [0.717, 1.165) is 120 Å². The van der Waals surface area contributed by atoms with Crippen LogP contribution in [0.2, 0.25) is 0 Å². The van der Waals surface area contributed by atoms with Gasteiger partial charge in [0.1, 0.15) is 19.3 Å². The van der Waals surface area contributed by atoms with Gasteiger partial charge in [-0.05, 0) is 49.4 Å². The van der Waals surface area contributed by atoms with E-state index in [-0.39, 0.29) is 25.7 Å². The molecule has 0 saturated heterocycles. The predicted molar refractivity (Wildman–Crippen MR) is 460 cm³/mol. The molecule has 0 bridgehead atoms. The molecule has 0 spiro atoms. The van der Waals surface area contributed by atoms with Crippen molar-refractivity contribution in [3.63, 3.8) is 0 Å². The maximum absolute atomic E-state index is 13.2. The van der Waals surface area contributed by atoms with E-state index in [2.05, 4.69) is 55.4 Å². The molecule has 0 radical (unpaired) electrons. The summed E-state index contributed by atoms with van der Waals surface area (Å²) in [5, 5.41) is 10.7. The average Bonchev–Trinajstić information content (AvgIpc) is 0.898. The first-order valence-corrected chi connectivity index (χ1v) is 50.3. The minimum absolute atomic E-state index is 0.107. The topological polar surface area (TPSA) is 237 Å². The van der Waals surface area contributed by atoms with E-state index >= 15 is 0 Å². The molecule has 7 atom stereocenters. The van der Waals surface area contributed by atoms with E-state index in [1.165, 1.54) is 283 Å². The molecule has 0 saturated carbocycles. The number of ether oxygens (including phenoxy) is 4. The second kappa shape index (κ2) is 80.5. The Hall–Kier alpha value is -1.94. The maximum atomic E-state index is 13.2. The molecule has 0 aliphatic rings. The lowest BCUT2D eigenvalue weighted by molar-refractivity contribution is -0.161. The van der Waals surface area contributed by atoms with E-state index in [0.29, 0.717) is 25.7 Å². The standard InChI is InChI=1S/C92H180O17P2/c1-9-84(7)70-62-54-46-40-34-28-22-16-12-14-18-24-31-37-43-49-59-67-75-92(97)109-88(79-103-90(95)73-65-57-51-50-55-63-71-85(8)10-2)81-107-111(100,101)105-77-86(93)76-104-110(98,99)106-80-87(78-102-89(94)72-64-56-47-41-35-29-25-19-21-27-33-39-45-53-61-69-83(5)6)108-91(96)74-66-58-48-42-36-30-23-17-13-11-15-20-26-32-38-44-52-60-68-82(3)4/h82-88,93H,9-81H2,1-8H3,(H,98,99)(H,100,101)/t84?,85?,86-,87-,88-/m1/s1. The van der Waals surface area contributed by atoms with Gasteiger partial charge in [0.15, 0.2) is 12.2 Å². The van der Waals surface area contributed by atoms with Gasteiger partial charge in [-0.2, -0.15) is 0 Å². The zero-order valence-corrected chi connectivity index (χ0v) is 75.4. The molecule has 4 unspecified atom stereocenters. The number of hydrogen-bond donors (Lipinski definition) is 3. The third kappa shape index (κ3) is 82.9. The van der Waals surface area contributed by atoms with Gasteiger partial charge in [0.2, 0.25) is 0 Å². The molecule has 17 nitrogen and oxygen atoms in total. The second-order valence-electron chi connectivity index (χ2n) is 34.5. The highest BCUT2D eigenvalue weighted by molar-refractivity contribution is 7.47. The number of esters is 4. The van der Waals surface area contributed by atoms with Crippen molar-refractivity contribution in [2.45, 2.75) is 504 Å². The van der Waals surface area contributed by atoms with Crippen molar-refractivity contribution in [2.24, 2.45) is 23.7 Å². The summed E-state index contributed by atoms with van der Waals surface area (Å²) >= 11 is 0. The number of aliphatic hydroxyl groups excluding tert-OH is 1. The van der Waals surface area contributed by atoms with Gasteiger partial charge in [-0.15, -0.1) is 0 Å². The van der Waals surface area contributed by atoms with Crippen LogP contribution in [0, 0.1) is 23.7 Å². The fourth-order valence-corrected chi connectivity index (χ4v) is 15.9. The quantitative estimate of drug-likeness (QED) is 0.0222. The van der Waals surface area contributed by atoms with Gasteiger partial charge in [0, 0.05) is 25.7 Å². The minimum Gasteiger partial charge on any atom is -0.462 e. The van der Waals surface area contributed by atoms with Crippen molar-refractivity contribution in [1.29, 1.82) is 0 Å². The summed E-state index contributed by atoms with van der Waals surface area (Å²) in [5.74, 6) is 1.13. The number of aliphatic hydroxyl groups is 1. The van der Waals surface area contributed by atoms with Crippen molar-refractivity contribution < 1.29 is 80.2 Å². The van der Waals surface area contributed by atoms with Crippen molar-refractivity contribution in [3.05, 3.63) is 0 Å².